The predicted octanol–water partition coefficient (Wildman–Crippen LogP) is 3.58. The Morgan fingerprint density at radius 2 is 2.08 bits per heavy atom. The lowest BCUT2D eigenvalue weighted by molar-refractivity contribution is -0.141. The van der Waals surface area contributed by atoms with Crippen LogP contribution in [0.1, 0.15) is 49.7 Å². The lowest BCUT2D eigenvalue weighted by Crippen LogP contribution is -2.26. The van der Waals surface area contributed by atoms with E-state index in [1.807, 2.05) is 13.8 Å². The first-order valence-corrected chi connectivity index (χ1v) is 8.69. The molecule has 2 heterocycles. The van der Waals surface area contributed by atoms with Crippen molar-refractivity contribution in [3.05, 3.63) is 29.3 Å². The minimum absolute atomic E-state index is 0.106. The topological polar surface area (TPSA) is 64.7 Å². The van der Waals surface area contributed by atoms with Gasteiger partial charge in [0.05, 0.1) is 30.0 Å². The van der Waals surface area contributed by atoms with Crippen molar-refractivity contribution in [2.45, 2.75) is 58.8 Å². The average molecular weight is 369 g/mol. The maximum atomic E-state index is 13.0. The minimum Gasteiger partial charge on any atom is -0.323 e. The number of rotatable bonds is 6. The Balaban J connectivity index is 1.72. The van der Waals surface area contributed by atoms with Crippen molar-refractivity contribution in [2.24, 2.45) is 5.92 Å². The van der Waals surface area contributed by atoms with Crippen LogP contribution in [-0.4, -0.2) is 25.5 Å². The zero-order valence-electron chi connectivity index (χ0n) is 15.0. The molecule has 1 aliphatic carbocycles. The summed E-state index contributed by atoms with van der Waals surface area (Å²) in [5.74, 6) is -0.689. The van der Waals surface area contributed by atoms with Crippen LogP contribution in [0.3, 0.4) is 0 Å². The highest BCUT2D eigenvalue weighted by Gasteiger charge is 2.38. The van der Waals surface area contributed by atoms with Gasteiger partial charge in [0.2, 0.25) is 5.91 Å². The first-order chi connectivity index (χ1) is 12.2. The van der Waals surface area contributed by atoms with Gasteiger partial charge in [-0.05, 0) is 32.8 Å². The van der Waals surface area contributed by atoms with Crippen molar-refractivity contribution < 1.29 is 18.0 Å². The molecule has 9 heteroatoms. The number of aryl methyl sites for hydroxylation is 1. The van der Waals surface area contributed by atoms with Crippen molar-refractivity contribution in [2.75, 3.05) is 5.32 Å². The zero-order valence-corrected chi connectivity index (χ0v) is 15.0. The molecule has 0 aliphatic heterocycles. The third kappa shape index (κ3) is 3.76. The van der Waals surface area contributed by atoms with E-state index in [0.29, 0.717) is 17.9 Å². The number of amides is 1. The van der Waals surface area contributed by atoms with Crippen molar-refractivity contribution in [1.29, 1.82) is 0 Å². The summed E-state index contributed by atoms with van der Waals surface area (Å²) < 4.78 is 42.0. The minimum atomic E-state index is -4.48. The summed E-state index contributed by atoms with van der Waals surface area (Å²) in [6, 6.07) is 1.11. The number of nitrogens with zero attached hydrogens (tertiary/aromatic N) is 4. The Morgan fingerprint density at radius 3 is 2.62 bits per heavy atom. The van der Waals surface area contributed by atoms with Crippen LogP contribution in [-0.2, 0) is 24.1 Å². The van der Waals surface area contributed by atoms with Gasteiger partial charge in [0.1, 0.15) is 0 Å². The number of nitrogens with one attached hydrogen (secondary N) is 1. The van der Waals surface area contributed by atoms with Crippen molar-refractivity contribution in [3.8, 4) is 0 Å². The number of anilines is 1. The van der Waals surface area contributed by atoms with E-state index < -0.39 is 17.8 Å². The Bertz CT molecular complexity index is 804. The van der Waals surface area contributed by atoms with Crippen molar-refractivity contribution in [3.63, 3.8) is 0 Å². The number of halogens is 3. The molecule has 2 aromatic rings. The highest BCUT2D eigenvalue weighted by atomic mass is 19.4. The summed E-state index contributed by atoms with van der Waals surface area (Å²) >= 11 is 0. The molecule has 0 spiro atoms. The van der Waals surface area contributed by atoms with Crippen molar-refractivity contribution >= 4 is 11.6 Å². The predicted molar refractivity (Wildman–Crippen MR) is 89.6 cm³/mol. The summed E-state index contributed by atoms with van der Waals surface area (Å²) in [5.41, 5.74) is 1.12. The standard InChI is InChI=1S/C17H22F3N5O/c1-4-24-11(3)13(8-21-24)22-16(26)10(2)9-25-14(12-5-6-12)7-15(23-25)17(18,19)20/h7-8,10,12H,4-6,9H2,1-3H3,(H,22,26). The Morgan fingerprint density at radius 1 is 1.38 bits per heavy atom. The molecule has 1 unspecified atom stereocenters. The van der Waals surface area contributed by atoms with Crippen LogP contribution in [0.5, 0.6) is 0 Å². The van der Waals surface area contributed by atoms with E-state index in [1.54, 1.807) is 17.8 Å². The molecule has 1 N–H and O–H groups in total. The monoisotopic (exact) mass is 369 g/mol. The molecule has 0 saturated heterocycles. The molecule has 1 amide bonds. The second-order valence-corrected chi connectivity index (χ2v) is 6.76. The molecule has 6 nitrogen and oxygen atoms in total. The van der Waals surface area contributed by atoms with Crippen LogP contribution in [0, 0.1) is 12.8 Å². The number of aromatic nitrogens is 4. The summed E-state index contributed by atoms with van der Waals surface area (Å²) in [7, 11) is 0. The molecule has 26 heavy (non-hydrogen) atoms. The van der Waals surface area contributed by atoms with E-state index in [2.05, 4.69) is 15.5 Å². The zero-order chi connectivity index (χ0) is 19.1. The fraction of sp³-hybridized carbons (Fsp3) is 0.588. The third-order valence-electron chi connectivity index (χ3n) is 4.65. The number of carbonyl (C=O) groups is 1. The Hall–Kier alpha value is -2.32. The molecule has 0 aromatic carbocycles. The number of alkyl halides is 3. The first kappa shape index (κ1) is 18.5. The lowest BCUT2D eigenvalue weighted by Gasteiger charge is -2.14. The quantitative estimate of drug-likeness (QED) is 0.846. The Labute approximate surface area is 149 Å². The summed E-state index contributed by atoms with van der Waals surface area (Å²) in [4.78, 5) is 12.5. The van der Waals surface area contributed by atoms with Crippen molar-refractivity contribution in [1.82, 2.24) is 19.6 Å². The fourth-order valence-electron chi connectivity index (χ4n) is 2.91. The largest absolute Gasteiger partial charge is 0.435 e. The van der Waals surface area contributed by atoms with E-state index in [9.17, 15) is 18.0 Å². The first-order valence-electron chi connectivity index (χ1n) is 8.69. The van der Waals surface area contributed by atoms with Crippen LogP contribution in [0.25, 0.3) is 0 Å². The second-order valence-electron chi connectivity index (χ2n) is 6.76. The van der Waals surface area contributed by atoms with Gasteiger partial charge in [0.25, 0.3) is 0 Å². The molecule has 1 aliphatic rings. The molecule has 3 rings (SSSR count). The van der Waals surface area contributed by atoms with Gasteiger partial charge < -0.3 is 5.32 Å². The van der Waals surface area contributed by atoms with E-state index in [1.165, 1.54) is 4.68 Å². The van der Waals surface area contributed by atoms with Gasteiger partial charge >= 0.3 is 6.18 Å². The molecule has 1 saturated carbocycles. The summed E-state index contributed by atoms with van der Waals surface area (Å²) in [5, 5.41) is 10.7. The van der Waals surface area contributed by atoms with Crippen LogP contribution in [0.15, 0.2) is 12.3 Å². The van der Waals surface area contributed by atoms with Gasteiger partial charge in [-0.15, -0.1) is 0 Å². The van der Waals surface area contributed by atoms with Crippen LogP contribution in [0.4, 0.5) is 18.9 Å². The molecular weight excluding hydrogens is 347 g/mol. The van der Waals surface area contributed by atoms with Gasteiger partial charge in [-0.1, -0.05) is 6.92 Å². The Kier molecular flexibility index (Phi) is 4.81. The van der Waals surface area contributed by atoms with E-state index >= 15 is 0 Å². The summed E-state index contributed by atoms with van der Waals surface area (Å²) in [6.45, 7) is 6.28. The molecule has 142 valence electrons. The molecular formula is C17H22F3N5O. The van der Waals surface area contributed by atoms with E-state index in [0.717, 1.165) is 24.6 Å². The number of hydrogen-bond donors (Lipinski definition) is 1. The molecule has 2 aromatic heterocycles. The van der Waals surface area contributed by atoms with Gasteiger partial charge in [-0.25, -0.2) is 0 Å². The number of carbonyl (C=O) groups excluding carboxylic acids is 1. The maximum absolute atomic E-state index is 13.0. The van der Waals surface area contributed by atoms with E-state index in [4.69, 9.17) is 0 Å². The molecule has 1 atom stereocenters. The summed E-state index contributed by atoms with van der Waals surface area (Å²) in [6.07, 6.45) is -1.18. The smallest absolute Gasteiger partial charge is 0.323 e. The molecule has 1 fully saturated rings. The van der Waals surface area contributed by atoms with Gasteiger partial charge in [0, 0.05) is 18.2 Å². The lowest BCUT2D eigenvalue weighted by atomic mass is 10.1. The fourth-order valence-corrected chi connectivity index (χ4v) is 2.91. The highest BCUT2D eigenvalue weighted by Crippen LogP contribution is 2.42. The van der Waals surface area contributed by atoms with Crippen LogP contribution >= 0.6 is 0 Å². The maximum Gasteiger partial charge on any atom is 0.435 e. The molecule has 0 radical (unpaired) electrons. The SMILES string of the molecule is CCn1ncc(NC(=O)C(C)Cn2nc(C(F)(F)F)cc2C2CC2)c1C. The van der Waals surface area contributed by atoms with Gasteiger partial charge in [-0.2, -0.15) is 23.4 Å². The third-order valence-corrected chi connectivity index (χ3v) is 4.65. The number of hydrogen-bond acceptors (Lipinski definition) is 3. The van der Waals surface area contributed by atoms with Crippen LogP contribution in [0.2, 0.25) is 0 Å². The van der Waals surface area contributed by atoms with E-state index in [-0.39, 0.29) is 18.4 Å². The van der Waals surface area contributed by atoms with Gasteiger partial charge in [-0.3, -0.25) is 14.2 Å². The molecule has 0 bridgehead atoms. The average Bonchev–Trinajstić information content (AvgIpc) is 3.23. The highest BCUT2D eigenvalue weighted by molar-refractivity contribution is 5.92. The second kappa shape index (κ2) is 6.77. The normalized spacial score (nSPS) is 15.9. The van der Waals surface area contributed by atoms with Gasteiger partial charge in [0.15, 0.2) is 5.69 Å². The van der Waals surface area contributed by atoms with Crippen LogP contribution < -0.4 is 5.32 Å².